The van der Waals surface area contributed by atoms with Crippen molar-refractivity contribution in [3.63, 3.8) is 0 Å². The van der Waals surface area contributed by atoms with Crippen LogP contribution in [0.25, 0.3) is 0 Å². The Bertz CT molecular complexity index is 186. The third-order valence-electron chi connectivity index (χ3n) is 3.97. The summed E-state index contributed by atoms with van der Waals surface area (Å²) in [5.41, 5.74) is 0.534. The highest BCUT2D eigenvalue weighted by Crippen LogP contribution is 2.43. The molecule has 0 aromatic heterocycles. The Kier molecular flexibility index (Phi) is 3.95. The van der Waals surface area contributed by atoms with E-state index in [1.807, 2.05) is 0 Å². The molecule has 0 aliphatic heterocycles. The van der Waals surface area contributed by atoms with Crippen molar-refractivity contribution >= 4 is 7.28 Å². The van der Waals surface area contributed by atoms with Crippen molar-refractivity contribution in [3.8, 4) is 0 Å². The highest BCUT2D eigenvalue weighted by atomic mass is 14.3. The first-order chi connectivity index (χ1) is 6.68. The molecule has 0 spiro atoms. The van der Waals surface area contributed by atoms with Crippen LogP contribution in [0.4, 0.5) is 0 Å². The molecule has 0 atom stereocenters. The minimum Gasteiger partial charge on any atom is -0.0671 e. The molecule has 1 fully saturated rings. The van der Waals surface area contributed by atoms with Gasteiger partial charge in [-0.3, -0.25) is 0 Å². The van der Waals surface area contributed by atoms with E-state index in [1.165, 1.54) is 33.0 Å². The first-order valence-electron chi connectivity index (χ1n) is 6.68. The molecule has 88 valence electrons. The van der Waals surface area contributed by atoms with E-state index in [2.05, 4.69) is 41.5 Å². The van der Waals surface area contributed by atoms with Gasteiger partial charge in [0.25, 0.3) is 0 Å². The molecule has 0 nitrogen and oxygen atoms in total. The maximum atomic E-state index is 2.40. The second-order valence-corrected chi connectivity index (χ2v) is 7.85. The summed E-state index contributed by atoms with van der Waals surface area (Å²) in [6.07, 6.45) is 5.87. The maximum absolute atomic E-state index is 2.40. The van der Waals surface area contributed by atoms with Crippen LogP contribution in [0.5, 0.6) is 0 Å². The molecule has 0 amide bonds. The highest BCUT2D eigenvalue weighted by molar-refractivity contribution is 6.41. The zero-order chi connectivity index (χ0) is 11.7. The van der Waals surface area contributed by atoms with Crippen molar-refractivity contribution in [2.75, 3.05) is 0 Å². The Morgan fingerprint density at radius 3 is 1.60 bits per heavy atom. The molecular weight excluding hydrogens is 179 g/mol. The first kappa shape index (κ1) is 13.1. The van der Waals surface area contributed by atoms with Crippen LogP contribution in [0.1, 0.15) is 67.2 Å². The van der Waals surface area contributed by atoms with Crippen molar-refractivity contribution in [1.82, 2.24) is 0 Å². The van der Waals surface area contributed by atoms with Gasteiger partial charge >= 0.3 is 0 Å². The van der Waals surface area contributed by atoms with E-state index in [9.17, 15) is 0 Å². The molecule has 15 heavy (non-hydrogen) atoms. The fraction of sp³-hybridized carbons (Fsp3) is 1.00. The molecule has 1 aliphatic carbocycles. The Balaban J connectivity index is 2.37. The van der Waals surface area contributed by atoms with Crippen LogP contribution >= 0.6 is 0 Å². The molecule has 1 aliphatic rings. The van der Waals surface area contributed by atoms with Crippen LogP contribution in [-0.2, 0) is 0 Å². The summed E-state index contributed by atoms with van der Waals surface area (Å²) in [6, 6.07) is 0. The van der Waals surface area contributed by atoms with Gasteiger partial charge in [0.05, 0.1) is 0 Å². The standard InChI is InChI=1S/C14H29B/c1-13(2,3)11-7-9-12(10-8-11)15-14(4,5)6/h11-12,15H,7-10H2,1-6H3. The van der Waals surface area contributed by atoms with E-state index >= 15 is 0 Å². The second kappa shape index (κ2) is 4.51. The zero-order valence-corrected chi connectivity index (χ0v) is 11.7. The largest absolute Gasteiger partial charge is 0.130 e. The van der Waals surface area contributed by atoms with Crippen molar-refractivity contribution in [2.24, 2.45) is 11.3 Å². The third-order valence-corrected chi connectivity index (χ3v) is 3.97. The molecule has 0 radical (unpaired) electrons. The van der Waals surface area contributed by atoms with Gasteiger partial charge in [0.2, 0.25) is 0 Å². The van der Waals surface area contributed by atoms with Gasteiger partial charge in [0.1, 0.15) is 7.28 Å². The summed E-state index contributed by atoms with van der Waals surface area (Å²) in [4.78, 5) is 0. The normalized spacial score (nSPS) is 28.9. The van der Waals surface area contributed by atoms with Crippen LogP contribution < -0.4 is 0 Å². The summed E-state index contributed by atoms with van der Waals surface area (Å²) in [5.74, 6) is 1.97. The van der Waals surface area contributed by atoms with E-state index in [0.717, 1.165) is 11.7 Å². The minimum atomic E-state index is 0.527. The fourth-order valence-electron chi connectivity index (χ4n) is 3.10. The van der Waals surface area contributed by atoms with E-state index < -0.39 is 0 Å². The smallest absolute Gasteiger partial charge is 0.0671 e. The van der Waals surface area contributed by atoms with Crippen LogP contribution in [-0.4, -0.2) is 7.28 Å². The molecular formula is C14H29B. The lowest BCUT2D eigenvalue weighted by Gasteiger charge is -2.38. The van der Waals surface area contributed by atoms with Crippen LogP contribution in [0.15, 0.2) is 0 Å². The van der Waals surface area contributed by atoms with Crippen molar-refractivity contribution in [1.29, 1.82) is 0 Å². The highest BCUT2D eigenvalue weighted by Gasteiger charge is 2.31. The van der Waals surface area contributed by atoms with Crippen molar-refractivity contribution < 1.29 is 0 Å². The minimum absolute atomic E-state index is 0.527. The number of hydrogen-bond donors (Lipinski definition) is 0. The van der Waals surface area contributed by atoms with E-state index in [4.69, 9.17) is 0 Å². The van der Waals surface area contributed by atoms with E-state index in [-0.39, 0.29) is 0 Å². The quantitative estimate of drug-likeness (QED) is 0.549. The molecule has 1 rings (SSSR count). The van der Waals surface area contributed by atoms with Gasteiger partial charge in [0, 0.05) is 0 Å². The lowest BCUT2D eigenvalue weighted by Crippen LogP contribution is -2.27. The molecule has 1 heteroatoms. The molecule has 0 aromatic carbocycles. The molecule has 0 unspecified atom stereocenters. The molecule has 0 aromatic rings. The lowest BCUT2D eigenvalue weighted by atomic mass is 9.44. The van der Waals surface area contributed by atoms with Gasteiger partial charge in [-0.1, -0.05) is 78.4 Å². The third kappa shape index (κ3) is 4.61. The van der Waals surface area contributed by atoms with E-state index in [1.54, 1.807) is 0 Å². The monoisotopic (exact) mass is 208 g/mol. The van der Waals surface area contributed by atoms with Crippen molar-refractivity contribution in [2.45, 2.75) is 78.4 Å². The summed E-state index contributed by atoms with van der Waals surface area (Å²) < 4.78 is 0. The second-order valence-electron chi connectivity index (χ2n) is 7.85. The predicted octanol–water partition coefficient (Wildman–Crippen LogP) is 4.67. The van der Waals surface area contributed by atoms with Crippen LogP contribution in [0.2, 0.25) is 11.1 Å². The summed E-state index contributed by atoms with van der Waals surface area (Å²) in [7, 11) is 1.42. The van der Waals surface area contributed by atoms with Gasteiger partial charge in [-0.05, 0) is 11.3 Å². The van der Waals surface area contributed by atoms with E-state index in [0.29, 0.717) is 10.7 Å². The zero-order valence-electron chi connectivity index (χ0n) is 11.7. The summed E-state index contributed by atoms with van der Waals surface area (Å²) >= 11 is 0. The first-order valence-corrected chi connectivity index (χ1v) is 6.68. The molecule has 1 saturated carbocycles. The SMILES string of the molecule is CC(C)(C)BC1CCC(C(C)(C)C)CC1. The lowest BCUT2D eigenvalue weighted by molar-refractivity contribution is 0.179. The topological polar surface area (TPSA) is 0 Å². The predicted molar refractivity (Wildman–Crippen MR) is 72.0 cm³/mol. The van der Waals surface area contributed by atoms with Crippen LogP contribution in [0.3, 0.4) is 0 Å². The van der Waals surface area contributed by atoms with Gasteiger partial charge in [-0.25, -0.2) is 0 Å². The molecule has 0 saturated heterocycles. The average Bonchev–Trinajstić information content (AvgIpc) is 2.00. The Hall–Kier alpha value is 0.0649. The number of hydrogen-bond acceptors (Lipinski definition) is 0. The van der Waals surface area contributed by atoms with Crippen LogP contribution in [0, 0.1) is 11.3 Å². The summed E-state index contributed by atoms with van der Waals surface area (Å²) in [6.45, 7) is 14.3. The number of rotatable bonds is 1. The molecule has 0 bridgehead atoms. The van der Waals surface area contributed by atoms with Gasteiger partial charge in [0.15, 0.2) is 0 Å². The van der Waals surface area contributed by atoms with Gasteiger partial charge in [-0.15, -0.1) is 0 Å². The average molecular weight is 208 g/mol. The fourth-order valence-corrected chi connectivity index (χ4v) is 3.10. The van der Waals surface area contributed by atoms with Crippen molar-refractivity contribution in [3.05, 3.63) is 0 Å². The Labute approximate surface area is 97.5 Å². The van der Waals surface area contributed by atoms with Gasteiger partial charge < -0.3 is 0 Å². The Morgan fingerprint density at radius 2 is 1.27 bits per heavy atom. The molecule has 0 heterocycles. The van der Waals surface area contributed by atoms with Gasteiger partial charge in [-0.2, -0.15) is 0 Å². The Morgan fingerprint density at radius 1 is 0.800 bits per heavy atom. The summed E-state index contributed by atoms with van der Waals surface area (Å²) in [5, 5.41) is 0.527. The maximum Gasteiger partial charge on any atom is 0.130 e. The molecule has 0 N–H and O–H groups in total.